The second kappa shape index (κ2) is 6.03. The van der Waals surface area contributed by atoms with Crippen LogP contribution in [0.5, 0.6) is 0 Å². The zero-order valence-electron chi connectivity index (χ0n) is 7.79. The summed E-state index contributed by atoms with van der Waals surface area (Å²) in [5.74, 6) is -1.05. The van der Waals surface area contributed by atoms with E-state index in [4.69, 9.17) is 5.11 Å². The summed E-state index contributed by atoms with van der Waals surface area (Å²) < 4.78 is 0. The predicted octanol–water partition coefficient (Wildman–Crippen LogP) is 1.69. The Morgan fingerprint density at radius 3 is 2.27 bits per heavy atom. The molecule has 0 saturated carbocycles. The van der Waals surface area contributed by atoms with Crippen molar-refractivity contribution in [1.82, 2.24) is 0 Å². The van der Waals surface area contributed by atoms with E-state index in [0.29, 0.717) is 5.56 Å². The summed E-state index contributed by atoms with van der Waals surface area (Å²) in [6.07, 6.45) is 2.34. The molecule has 74 valence electrons. The van der Waals surface area contributed by atoms with Crippen LogP contribution in [0.1, 0.15) is 5.56 Å². The number of hydrogen-bond donors (Lipinski definition) is 1. The van der Waals surface area contributed by atoms with Crippen LogP contribution in [0.3, 0.4) is 0 Å². The smallest absolute Gasteiger partial charge is 0.328 e. The van der Waals surface area contributed by atoms with Crippen LogP contribution < -0.4 is 0 Å². The Bertz CT molecular complexity index is 386. The first-order chi connectivity index (χ1) is 6.59. The molecular weight excluding hydrogens is 251 g/mol. The van der Waals surface area contributed by atoms with Gasteiger partial charge in [0.05, 0.1) is 4.92 Å². The molecule has 0 spiro atoms. The molecule has 0 amide bonds. The third kappa shape index (κ3) is 4.47. The van der Waals surface area contributed by atoms with Gasteiger partial charge in [0, 0.05) is 37.7 Å². The molecule has 0 fully saturated rings. The van der Waals surface area contributed by atoms with E-state index in [1.54, 1.807) is 0 Å². The molecular formula is C9H7NO4Zn. The fourth-order valence-electron chi connectivity index (χ4n) is 0.875. The van der Waals surface area contributed by atoms with Crippen molar-refractivity contribution < 1.29 is 34.3 Å². The van der Waals surface area contributed by atoms with Crippen LogP contribution in [0.25, 0.3) is 6.08 Å². The molecule has 0 bridgehead atoms. The van der Waals surface area contributed by atoms with Gasteiger partial charge in [0.15, 0.2) is 0 Å². The number of aliphatic carboxylic acids is 1. The van der Waals surface area contributed by atoms with Crippen molar-refractivity contribution >= 4 is 17.7 Å². The number of carboxylic acids is 1. The molecule has 0 unspecified atom stereocenters. The van der Waals surface area contributed by atoms with Gasteiger partial charge in [-0.25, -0.2) is 4.79 Å². The van der Waals surface area contributed by atoms with E-state index < -0.39 is 10.9 Å². The van der Waals surface area contributed by atoms with Crippen molar-refractivity contribution in [2.75, 3.05) is 0 Å². The van der Waals surface area contributed by atoms with Gasteiger partial charge in [-0.15, -0.1) is 0 Å². The molecule has 0 atom stereocenters. The van der Waals surface area contributed by atoms with Crippen LogP contribution in [0.15, 0.2) is 30.3 Å². The molecule has 1 rings (SSSR count). The van der Waals surface area contributed by atoms with E-state index in [0.717, 1.165) is 6.08 Å². The molecule has 5 nitrogen and oxygen atoms in total. The second-order valence-corrected chi connectivity index (χ2v) is 2.52. The van der Waals surface area contributed by atoms with Gasteiger partial charge >= 0.3 is 5.97 Å². The molecule has 1 aromatic carbocycles. The molecule has 15 heavy (non-hydrogen) atoms. The van der Waals surface area contributed by atoms with Crippen LogP contribution in [0.2, 0.25) is 0 Å². The molecule has 6 heteroatoms. The fourth-order valence-corrected chi connectivity index (χ4v) is 0.875. The monoisotopic (exact) mass is 257 g/mol. The Balaban J connectivity index is 0.00000196. The Morgan fingerprint density at radius 2 is 1.87 bits per heavy atom. The number of benzene rings is 1. The maximum Gasteiger partial charge on any atom is 0.328 e. The summed E-state index contributed by atoms with van der Waals surface area (Å²) in [4.78, 5) is 19.9. The van der Waals surface area contributed by atoms with E-state index in [9.17, 15) is 14.9 Å². The fraction of sp³-hybridized carbons (Fsp3) is 0. The molecule has 0 saturated heterocycles. The first-order valence-electron chi connectivity index (χ1n) is 3.75. The van der Waals surface area contributed by atoms with Gasteiger partial charge < -0.3 is 5.11 Å². The summed E-state index contributed by atoms with van der Waals surface area (Å²) in [5, 5.41) is 18.6. The number of carboxylic acid groups (broad SMARTS) is 1. The molecule has 0 radical (unpaired) electrons. The standard InChI is InChI=1S/C9H7NO4.Zn/c11-9(12)6-3-7-1-4-8(5-2-7)10(13)14;/h1-6H,(H,11,12);. The average Bonchev–Trinajstić information content (AvgIpc) is 2.15. The van der Waals surface area contributed by atoms with Crippen LogP contribution >= 0.6 is 0 Å². The van der Waals surface area contributed by atoms with Gasteiger partial charge in [0.25, 0.3) is 5.69 Å². The van der Waals surface area contributed by atoms with E-state index in [1.165, 1.54) is 30.3 Å². The van der Waals surface area contributed by atoms with Gasteiger partial charge in [0.2, 0.25) is 0 Å². The maximum absolute atomic E-state index is 10.3. The Labute approximate surface area is 98.3 Å². The Kier molecular flexibility index (Phi) is 5.41. The van der Waals surface area contributed by atoms with Crippen molar-refractivity contribution in [2.24, 2.45) is 0 Å². The maximum atomic E-state index is 10.3. The normalized spacial score (nSPS) is 9.60. The average molecular weight is 259 g/mol. The molecule has 0 aliphatic rings. The van der Waals surface area contributed by atoms with Crippen molar-refractivity contribution in [3.63, 3.8) is 0 Å². The third-order valence-corrected chi connectivity index (χ3v) is 1.52. The minimum absolute atomic E-state index is 0. The SMILES string of the molecule is O=C(O)C=Cc1ccc([N+](=O)[O-])cc1.[Zn]. The van der Waals surface area contributed by atoms with Gasteiger partial charge in [0.1, 0.15) is 0 Å². The Hall–Kier alpha value is -1.55. The number of carbonyl (C=O) groups is 1. The van der Waals surface area contributed by atoms with E-state index in [-0.39, 0.29) is 25.2 Å². The molecule has 0 aromatic heterocycles. The van der Waals surface area contributed by atoms with Crippen molar-refractivity contribution in [3.8, 4) is 0 Å². The number of nitrogens with zero attached hydrogens (tertiary/aromatic N) is 1. The summed E-state index contributed by atoms with van der Waals surface area (Å²) in [5.41, 5.74) is 0.593. The summed E-state index contributed by atoms with van der Waals surface area (Å²) in [7, 11) is 0. The third-order valence-electron chi connectivity index (χ3n) is 1.52. The van der Waals surface area contributed by atoms with Crippen molar-refractivity contribution in [1.29, 1.82) is 0 Å². The minimum Gasteiger partial charge on any atom is -0.478 e. The van der Waals surface area contributed by atoms with E-state index >= 15 is 0 Å². The van der Waals surface area contributed by atoms with Crippen LogP contribution in [0, 0.1) is 10.1 Å². The van der Waals surface area contributed by atoms with Crippen LogP contribution in [-0.2, 0) is 24.3 Å². The molecule has 1 N–H and O–H groups in total. The number of rotatable bonds is 3. The van der Waals surface area contributed by atoms with Crippen molar-refractivity contribution in [3.05, 3.63) is 46.0 Å². The van der Waals surface area contributed by atoms with Crippen LogP contribution in [-0.4, -0.2) is 16.0 Å². The number of non-ortho nitro benzene ring substituents is 1. The quantitative estimate of drug-likeness (QED) is 0.387. The van der Waals surface area contributed by atoms with E-state index in [1.807, 2.05) is 0 Å². The zero-order chi connectivity index (χ0) is 10.6. The summed E-state index contributed by atoms with van der Waals surface area (Å²) in [6.45, 7) is 0. The summed E-state index contributed by atoms with van der Waals surface area (Å²) in [6, 6.07) is 5.61. The first kappa shape index (κ1) is 13.5. The molecule has 0 aliphatic heterocycles. The zero-order valence-corrected chi connectivity index (χ0v) is 10.8. The van der Waals surface area contributed by atoms with Gasteiger partial charge in [-0.3, -0.25) is 10.1 Å². The summed E-state index contributed by atoms with van der Waals surface area (Å²) >= 11 is 0. The number of nitro benzene ring substituents is 1. The number of hydrogen-bond acceptors (Lipinski definition) is 3. The minimum atomic E-state index is -1.05. The molecule has 0 heterocycles. The molecule has 1 aromatic rings. The number of nitro groups is 1. The second-order valence-electron chi connectivity index (χ2n) is 2.52. The largest absolute Gasteiger partial charge is 0.478 e. The topological polar surface area (TPSA) is 80.4 Å². The first-order valence-corrected chi connectivity index (χ1v) is 3.75. The van der Waals surface area contributed by atoms with Gasteiger partial charge in [-0.1, -0.05) is 0 Å². The van der Waals surface area contributed by atoms with Gasteiger partial charge in [-0.05, 0) is 23.8 Å². The van der Waals surface area contributed by atoms with E-state index in [2.05, 4.69) is 0 Å². The van der Waals surface area contributed by atoms with Crippen LogP contribution in [0.4, 0.5) is 5.69 Å². The molecule has 0 aliphatic carbocycles. The predicted molar refractivity (Wildman–Crippen MR) is 49.8 cm³/mol. The Morgan fingerprint density at radius 1 is 1.33 bits per heavy atom. The van der Waals surface area contributed by atoms with Gasteiger partial charge in [-0.2, -0.15) is 0 Å². The van der Waals surface area contributed by atoms with Crippen molar-refractivity contribution in [2.45, 2.75) is 0 Å².